The topological polar surface area (TPSA) is 58.6 Å². The third kappa shape index (κ3) is 7.57. The van der Waals surface area contributed by atoms with Crippen LogP contribution in [0.4, 0.5) is 0 Å². The molecule has 34 heavy (non-hydrogen) atoms. The summed E-state index contributed by atoms with van der Waals surface area (Å²) in [6.45, 7) is 6.24. The van der Waals surface area contributed by atoms with Crippen molar-refractivity contribution in [3.8, 4) is 5.75 Å². The summed E-state index contributed by atoms with van der Waals surface area (Å²) in [4.78, 5) is 28.0. The molecule has 2 aromatic rings. The number of benzene rings is 2. The average Bonchev–Trinajstić information content (AvgIpc) is 2.81. The van der Waals surface area contributed by atoms with Crippen LogP contribution in [0.2, 0.25) is 0 Å². The summed E-state index contributed by atoms with van der Waals surface area (Å²) < 4.78 is 7.62. The van der Waals surface area contributed by atoms with Crippen LogP contribution in [0.3, 0.4) is 0 Å². The van der Waals surface area contributed by atoms with Crippen molar-refractivity contribution in [3.05, 3.63) is 62.5 Å². The van der Waals surface area contributed by atoms with Gasteiger partial charge in [-0.3, -0.25) is 9.59 Å². The van der Waals surface area contributed by atoms with Crippen LogP contribution in [0, 0.1) is 0 Å². The zero-order valence-corrected chi connectivity index (χ0v) is 23.3. The van der Waals surface area contributed by atoms with Crippen molar-refractivity contribution in [1.29, 1.82) is 0 Å². The van der Waals surface area contributed by atoms with E-state index < -0.39 is 6.04 Å². The predicted molar refractivity (Wildman–Crippen MR) is 143 cm³/mol. The van der Waals surface area contributed by atoms with Crippen molar-refractivity contribution in [2.45, 2.75) is 77.4 Å². The van der Waals surface area contributed by atoms with Gasteiger partial charge < -0.3 is 15.0 Å². The van der Waals surface area contributed by atoms with Crippen LogP contribution in [0.15, 0.2) is 51.4 Å². The van der Waals surface area contributed by atoms with Crippen molar-refractivity contribution in [2.75, 3.05) is 6.61 Å². The molecule has 1 fully saturated rings. The molecule has 1 saturated carbocycles. The molecule has 3 rings (SSSR count). The molecule has 2 amide bonds. The molecule has 0 aromatic heterocycles. The number of hydrogen-bond donors (Lipinski definition) is 1. The summed E-state index contributed by atoms with van der Waals surface area (Å²) in [5.74, 6) is 0.666. The molecule has 1 aliphatic carbocycles. The number of halogens is 2. The molecule has 2 aromatic carbocycles. The van der Waals surface area contributed by atoms with Gasteiger partial charge in [0.05, 0.1) is 4.47 Å². The highest BCUT2D eigenvalue weighted by molar-refractivity contribution is 9.10. The van der Waals surface area contributed by atoms with Crippen LogP contribution in [0.25, 0.3) is 0 Å². The molecule has 1 aliphatic rings. The molecule has 0 unspecified atom stereocenters. The summed E-state index contributed by atoms with van der Waals surface area (Å²) in [5.41, 5.74) is 2.14. The number of rotatable bonds is 9. The number of carbonyl (C=O) groups is 2. The fourth-order valence-electron chi connectivity index (χ4n) is 4.20. The summed E-state index contributed by atoms with van der Waals surface area (Å²) in [6, 6.07) is 13.3. The van der Waals surface area contributed by atoms with Gasteiger partial charge in [0.15, 0.2) is 6.61 Å². The highest BCUT2D eigenvalue weighted by atomic mass is 79.9. The largest absolute Gasteiger partial charge is 0.483 e. The molecule has 0 saturated heterocycles. The number of nitrogens with one attached hydrogen (secondary N) is 1. The van der Waals surface area contributed by atoms with Crippen molar-refractivity contribution in [2.24, 2.45) is 0 Å². The van der Waals surface area contributed by atoms with E-state index in [1.54, 1.807) is 11.8 Å². The third-order valence-electron chi connectivity index (χ3n) is 6.33. The maximum absolute atomic E-state index is 13.3. The van der Waals surface area contributed by atoms with Crippen molar-refractivity contribution in [1.82, 2.24) is 10.2 Å². The van der Waals surface area contributed by atoms with Crippen LogP contribution in [-0.4, -0.2) is 35.4 Å². The Morgan fingerprint density at radius 3 is 2.44 bits per heavy atom. The van der Waals surface area contributed by atoms with E-state index in [2.05, 4.69) is 51.0 Å². The van der Waals surface area contributed by atoms with E-state index in [-0.39, 0.29) is 24.5 Å². The summed E-state index contributed by atoms with van der Waals surface area (Å²) in [7, 11) is 0. The first-order valence-electron chi connectivity index (χ1n) is 12.0. The lowest BCUT2D eigenvalue weighted by Gasteiger charge is -2.31. The SMILES string of the molecule is CC(C)c1ccc(OCC(=O)N(Cc2cccc(Br)c2)[C@@H](C)C(=O)NC2CCCCC2)c(Br)c1. The zero-order chi connectivity index (χ0) is 24.7. The number of ether oxygens (including phenoxy) is 1. The molecule has 1 atom stereocenters. The van der Waals surface area contributed by atoms with Crippen LogP contribution in [-0.2, 0) is 16.1 Å². The van der Waals surface area contributed by atoms with E-state index in [0.717, 1.165) is 40.2 Å². The quantitative estimate of drug-likeness (QED) is 0.357. The normalized spacial score (nSPS) is 15.1. The van der Waals surface area contributed by atoms with Gasteiger partial charge in [-0.1, -0.05) is 67.2 Å². The first-order valence-corrected chi connectivity index (χ1v) is 13.6. The molecular weight excluding hydrogens is 560 g/mol. The Labute approximate surface area is 219 Å². The summed E-state index contributed by atoms with van der Waals surface area (Å²) >= 11 is 7.05. The van der Waals surface area contributed by atoms with Crippen LogP contribution in [0.1, 0.15) is 69.9 Å². The maximum Gasteiger partial charge on any atom is 0.261 e. The Morgan fingerprint density at radius 1 is 1.06 bits per heavy atom. The van der Waals surface area contributed by atoms with E-state index in [0.29, 0.717) is 18.2 Å². The Morgan fingerprint density at radius 2 is 1.79 bits per heavy atom. The molecule has 7 heteroatoms. The number of carbonyl (C=O) groups excluding carboxylic acids is 2. The lowest BCUT2D eigenvalue weighted by atomic mass is 9.95. The standard InChI is InChI=1S/C27H34Br2N2O3/c1-18(2)21-12-13-25(24(29)15-21)34-17-26(32)31(16-20-8-7-9-22(28)14-20)19(3)27(33)30-23-10-5-4-6-11-23/h7-9,12-15,18-19,23H,4-6,10-11,16-17H2,1-3H3,(H,30,33)/t19-/m0/s1. The molecule has 1 N–H and O–H groups in total. The Hall–Kier alpha value is -1.86. The van der Waals surface area contributed by atoms with Crippen molar-refractivity contribution < 1.29 is 14.3 Å². The lowest BCUT2D eigenvalue weighted by molar-refractivity contribution is -0.142. The van der Waals surface area contributed by atoms with Crippen molar-refractivity contribution in [3.63, 3.8) is 0 Å². The van der Waals surface area contributed by atoms with Gasteiger partial charge in [0.1, 0.15) is 11.8 Å². The van der Waals surface area contributed by atoms with Crippen molar-refractivity contribution >= 4 is 43.7 Å². The van der Waals surface area contributed by atoms with E-state index >= 15 is 0 Å². The monoisotopic (exact) mass is 592 g/mol. The van der Waals surface area contributed by atoms with Gasteiger partial charge in [0.25, 0.3) is 5.91 Å². The van der Waals surface area contributed by atoms with Gasteiger partial charge in [-0.15, -0.1) is 0 Å². The first kappa shape index (κ1) is 26.7. The molecule has 184 valence electrons. The Balaban J connectivity index is 1.72. The first-order chi connectivity index (χ1) is 16.2. The Kier molecular flexibility index (Phi) is 10.0. The number of amides is 2. The molecule has 0 heterocycles. The highest BCUT2D eigenvalue weighted by Crippen LogP contribution is 2.29. The second-order valence-electron chi connectivity index (χ2n) is 9.30. The second-order valence-corrected chi connectivity index (χ2v) is 11.1. The fourth-order valence-corrected chi connectivity index (χ4v) is 5.16. The number of nitrogens with zero attached hydrogens (tertiary/aromatic N) is 1. The Bertz CT molecular complexity index is 990. The minimum atomic E-state index is -0.608. The summed E-state index contributed by atoms with van der Waals surface area (Å²) in [6.07, 6.45) is 5.50. The van der Waals surface area contributed by atoms with Gasteiger partial charge in [-0.2, -0.15) is 0 Å². The van der Waals surface area contributed by atoms with E-state index in [1.165, 1.54) is 12.0 Å². The molecular formula is C27H34Br2N2O3. The highest BCUT2D eigenvalue weighted by Gasteiger charge is 2.28. The van der Waals surface area contributed by atoms with Gasteiger partial charge in [-0.05, 0) is 77.0 Å². The molecule has 0 radical (unpaired) electrons. The van der Waals surface area contributed by atoms with Gasteiger partial charge >= 0.3 is 0 Å². The molecule has 0 bridgehead atoms. The van der Waals surface area contributed by atoms with Crippen LogP contribution in [0.5, 0.6) is 5.75 Å². The average molecular weight is 594 g/mol. The fraction of sp³-hybridized carbons (Fsp3) is 0.481. The molecule has 0 spiro atoms. The molecule has 0 aliphatic heterocycles. The van der Waals surface area contributed by atoms with E-state index in [1.807, 2.05) is 42.5 Å². The summed E-state index contributed by atoms with van der Waals surface area (Å²) in [5, 5.41) is 3.16. The smallest absolute Gasteiger partial charge is 0.261 e. The second kappa shape index (κ2) is 12.7. The van der Waals surface area contributed by atoms with E-state index in [9.17, 15) is 9.59 Å². The lowest BCUT2D eigenvalue weighted by Crippen LogP contribution is -2.51. The zero-order valence-electron chi connectivity index (χ0n) is 20.2. The molecule has 5 nitrogen and oxygen atoms in total. The van der Waals surface area contributed by atoms with Gasteiger partial charge in [-0.25, -0.2) is 0 Å². The van der Waals surface area contributed by atoms with Crippen LogP contribution < -0.4 is 10.1 Å². The van der Waals surface area contributed by atoms with E-state index in [4.69, 9.17) is 4.74 Å². The van der Waals surface area contributed by atoms with Gasteiger partial charge in [0.2, 0.25) is 5.91 Å². The number of hydrogen-bond acceptors (Lipinski definition) is 3. The maximum atomic E-state index is 13.3. The predicted octanol–water partition coefficient (Wildman–Crippen LogP) is 6.58. The van der Waals surface area contributed by atoms with Gasteiger partial charge in [0, 0.05) is 17.1 Å². The van der Waals surface area contributed by atoms with Crippen LogP contribution >= 0.6 is 31.9 Å². The minimum absolute atomic E-state index is 0.113. The third-order valence-corrected chi connectivity index (χ3v) is 7.45. The minimum Gasteiger partial charge on any atom is -0.483 e.